The van der Waals surface area contributed by atoms with Crippen LogP contribution in [0.3, 0.4) is 0 Å². The Kier molecular flexibility index (Phi) is 9.82. The van der Waals surface area contributed by atoms with Gasteiger partial charge in [-0.15, -0.1) is 0 Å². The number of nitrogens with one attached hydrogen (secondary N) is 1. The van der Waals surface area contributed by atoms with E-state index in [1.165, 1.54) is 11.3 Å². The third-order valence-corrected chi connectivity index (χ3v) is 8.94. The summed E-state index contributed by atoms with van der Waals surface area (Å²) in [6.07, 6.45) is 5.87. The van der Waals surface area contributed by atoms with Crippen molar-refractivity contribution < 1.29 is 18.3 Å². The van der Waals surface area contributed by atoms with Crippen LogP contribution in [0, 0.1) is 17.8 Å². The molecule has 4 atom stereocenters. The molecule has 1 N–H and O–H groups in total. The van der Waals surface area contributed by atoms with Crippen molar-refractivity contribution in [2.24, 2.45) is 24.8 Å². The van der Waals surface area contributed by atoms with E-state index in [9.17, 15) is 13.6 Å². The van der Waals surface area contributed by atoms with E-state index in [1.807, 2.05) is 31.4 Å². The molecule has 7 nitrogen and oxygen atoms in total. The van der Waals surface area contributed by atoms with Crippen LogP contribution in [0.2, 0.25) is 0 Å². The number of ether oxygens (including phenoxy) is 1. The molecule has 3 aromatic rings. The van der Waals surface area contributed by atoms with Gasteiger partial charge in [0.1, 0.15) is 0 Å². The molecule has 4 rings (SSSR count). The molecule has 1 aliphatic rings. The van der Waals surface area contributed by atoms with Crippen LogP contribution in [-0.2, 0) is 20.0 Å². The average Bonchev–Trinajstić information content (AvgIpc) is 3.46. The van der Waals surface area contributed by atoms with Gasteiger partial charge in [-0.25, -0.2) is 13.8 Å². The van der Waals surface area contributed by atoms with Gasteiger partial charge in [0.05, 0.1) is 16.8 Å². The van der Waals surface area contributed by atoms with E-state index in [1.54, 1.807) is 4.68 Å². The Hall–Kier alpha value is -2.59. The Balaban J connectivity index is 1.25. The predicted molar refractivity (Wildman–Crippen MR) is 156 cm³/mol. The quantitative estimate of drug-likeness (QED) is 0.258. The standard InChI is InChI=1S/C30H43F2N5O2S/c1-7-22(15-37-12-11-27-26(17-37)34-29(40-27)39-18-30(5,31)32)20(3)13-19(2)14-21(4)33-28(38)23-9-8-10-25-24(23)16-36(6)35-25/h8-10,16,19-22H,7,11-15,17-18H2,1-6H3,(H,33,38). The van der Waals surface area contributed by atoms with E-state index in [0.29, 0.717) is 28.5 Å². The summed E-state index contributed by atoms with van der Waals surface area (Å²) < 4.78 is 33.3. The highest BCUT2D eigenvalue weighted by Gasteiger charge is 2.28. The molecule has 0 radical (unpaired) electrons. The number of benzene rings is 1. The fourth-order valence-corrected chi connectivity index (χ4v) is 6.83. The van der Waals surface area contributed by atoms with Crippen LogP contribution in [-0.4, -0.2) is 57.2 Å². The lowest BCUT2D eigenvalue weighted by Gasteiger charge is -2.33. The van der Waals surface area contributed by atoms with E-state index in [2.05, 4.69) is 48.0 Å². The SMILES string of the molecule is CCC(CN1CCc2sc(OCC(C)(F)F)nc2C1)C(C)CC(C)CC(C)NC(=O)c1cccc2nn(C)cc12. The van der Waals surface area contributed by atoms with E-state index in [0.717, 1.165) is 73.7 Å². The second-order valence-electron chi connectivity index (χ2n) is 11.8. The lowest BCUT2D eigenvalue weighted by molar-refractivity contribution is -0.0230. The molecule has 0 fully saturated rings. The number of rotatable bonds is 13. The van der Waals surface area contributed by atoms with E-state index >= 15 is 0 Å². The fraction of sp³-hybridized carbons (Fsp3) is 0.633. The molecule has 0 aliphatic carbocycles. The molecule has 0 spiro atoms. The molecule has 3 heterocycles. The second kappa shape index (κ2) is 12.9. The Morgan fingerprint density at radius 1 is 1.25 bits per heavy atom. The summed E-state index contributed by atoms with van der Waals surface area (Å²) in [4.78, 5) is 21.1. The molecule has 10 heteroatoms. The number of hydrogen-bond donors (Lipinski definition) is 1. The van der Waals surface area contributed by atoms with Crippen molar-refractivity contribution in [1.82, 2.24) is 25.0 Å². The topological polar surface area (TPSA) is 72.3 Å². The highest BCUT2D eigenvalue weighted by molar-refractivity contribution is 7.13. The van der Waals surface area contributed by atoms with E-state index in [4.69, 9.17) is 4.74 Å². The van der Waals surface area contributed by atoms with Crippen molar-refractivity contribution in [3.63, 3.8) is 0 Å². The van der Waals surface area contributed by atoms with Crippen LogP contribution >= 0.6 is 11.3 Å². The number of halogens is 2. The minimum atomic E-state index is -2.86. The lowest BCUT2D eigenvalue weighted by atomic mass is 9.82. The predicted octanol–water partition coefficient (Wildman–Crippen LogP) is 6.32. The molecule has 1 aromatic carbocycles. The Bertz CT molecular complexity index is 1290. The summed E-state index contributed by atoms with van der Waals surface area (Å²) in [7, 11) is 1.86. The number of amides is 1. The molecule has 1 amide bonds. The van der Waals surface area contributed by atoms with Crippen LogP contribution in [0.4, 0.5) is 8.78 Å². The van der Waals surface area contributed by atoms with E-state index < -0.39 is 12.5 Å². The van der Waals surface area contributed by atoms with Crippen LogP contribution in [0.15, 0.2) is 24.4 Å². The largest absolute Gasteiger partial charge is 0.464 e. The molecule has 4 unspecified atom stereocenters. The number of carbonyl (C=O) groups is 1. The highest BCUT2D eigenvalue weighted by atomic mass is 32.1. The summed E-state index contributed by atoms with van der Waals surface area (Å²) in [5.41, 5.74) is 2.45. The number of aromatic nitrogens is 3. The van der Waals surface area contributed by atoms with Crippen molar-refractivity contribution in [3.8, 4) is 5.19 Å². The third kappa shape index (κ3) is 8.00. The molecule has 40 heavy (non-hydrogen) atoms. The highest BCUT2D eigenvalue weighted by Crippen LogP contribution is 2.32. The van der Waals surface area contributed by atoms with Crippen molar-refractivity contribution in [3.05, 3.63) is 40.5 Å². The molecular weight excluding hydrogens is 532 g/mol. The monoisotopic (exact) mass is 575 g/mol. The Morgan fingerprint density at radius 3 is 2.75 bits per heavy atom. The minimum absolute atomic E-state index is 0.0544. The zero-order chi connectivity index (χ0) is 29.0. The first kappa shape index (κ1) is 30.4. The number of aryl methyl sites for hydroxylation is 1. The maximum Gasteiger partial charge on any atom is 0.278 e. The van der Waals surface area contributed by atoms with Crippen molar-refractivity contribution in [2.75, 3.05) is 19.7 Å². The molecule has 220 valence electrons. The van der Waals surface area contributed by atoms with Gasteiger partial charge in [0, 0.05) is 56.1 Å². The van der Waals surface area contributed by atoms with Gasteiger partial charge in [-0.3, -0.25) is 14.4 Å². The molecule has 1 aliphatic heterocycles. The average molecular weight is 576 g/mol. The number of alkyl halides is 2. The molecule has 0 saturated heterocycles. The zero-order valence-electron chi connectivity index (χ0n) is 24.5. The first-order chi connectivity index (χ1) is 18.9. The fourth-order valence-electron chi connectivity index (χ4n) is 5.93. The van der Waals surface area contributed by atoms with Gasteiger partial charge in [0.15, 0.2) is 6.61 Å². The van der Waals surface area contributed by atoms with Crippen LogP contribution in [0.25, 0.3) is 10.9 Å². The van der Waals surface area contributed by atoms with Crippen LogP contribution < -0.4 is 10.1 Å². The Labute approximate surface area is 240 Å². The normalized spacial score (nSPS) is 17.3. The maximum absolute atomic E-state index is 13.2. The zero-order valence-corrected chi connectivity index (χ0v) is 25.4. The molecule has 0 saturated carbocycles. The van der Waals surface area contributed by atoms with Gasteiger partial charge in [0.25, 0.3) is 17.0 Å². The first-order valence-corrected chi connectivity index (χ1v) is 15.2. The summed E-state index contributed by atoms with van der Waals surface area (Å²) in [5, 5.41) is 8.83. The van der Waals surface area contributed by atoms with Gasteiger partial charge in [-0.2, -0.15) is 5.10 Å². The van der Waals surface area contributed by atoms with Gasteiger partial charge in [0.2, 0.25) is 0 Å². The number of hydrogen-bond acceptors (Lipinski definition) is 6. The lowest BCUT2D eigenvalue weighted by Crippen LogP contribution is -2.37. The number of nitrogens with zero attached hydrogens (tertiary/aromatic N) is 4. The first-order valence-electron chi connectivity index (χ1n) is 14.4. The summed E-state index contributed by atoms with van der Waals surface area (Å²) in [6, 6.07) is 5.72. The maximum atomic E-state index is 13.2. The Morgan fingerprint density at radius 2 is 2.02 bits per heavy atom. The minimum Gasteiger partial charge on any atom is -0.464 e. The molecular formula is C30H43F2N5O2S. The van der Waals surface area contributed by atoms with Crippen molar-refractivity contribution in [2.45, 2.75) is 78.8 Å². The third-order valence-electron chi connectivity index (χ3n) is 7.87. The van der Waals surface area contributed by atoms with Gasteiger partial charge < -0.3 is 10.1 Å². The van der Waals surface area contributed by atoms with Crippen molar-refractivity contribution in [1.29, 1.82) is 0 Å². The summed E-state index contributed by atoms with van der Waals surface area (Å²) in [5.74, 6) is -1.37. The van der Waals surface area contributed by atoms with Gasteiger partial charge in [-0.1, -0.05) is 44.6 Å². The number of fused-ring (bicyclic) bond motifs is 2. The number of carbonyl (C=O) groups excluding carboxylic acids is 1. The van der Waals surface area contributed by atoms with E-state index in [-0.39, 0.29) is 11.9 Å². The molecule has 0 bridgehead atoms. The van der Waals surface area contributed by atoms with Crippen LogP contribution in [0.1, 0.15) is 74.8 Å². The van der Waals surface area contributed by atoms with Gasteiger partial charge >= 0.3 is 0 Å². The summed E-state index contributed by atoms with van der Waals surface area (Å²) in [6.45, 7) is 11.8. The molecule has 2 aromatic heterocycles. The number of thiazole rings is 1. The van der Waals surface area contributed by atoms with Crippen molar-refractivity contribution >= 4 is 28.1 Å². The summed E-state index contributed by atoms with van der Waals surface area (Å²) >= 11 is 1.40. The van der Waals surface area contributed by atoms with Crippen LogP contribution in [0.5, 0.6) is 5.19 Å². The second-order valence-corrected chi connectivity index (χ2v) is 12.9. The smallest absolute Gasteiger partial charge is 0.278 e. The van der Waals surface area contributed by atoms with Gasteiger partial charge in [-0.05, 0) is 56.1 Å².